The number of sulfone groups is 1. The van der Waals surface area contributed by atoms with Crippen LogP contribution >= 0.6 is 0 Å². The van der Waals surface area contributed by atoms with Crippen LogP contribution in [-0.4, -0.2) is 33.6 Å². The highest BCUT2D eigenvalue weighted by atomic mass is 32.2. The van der Waals surface area contributed by atoms with Crippen molar-refractivity contribution in [3.8, 4) is 0 Å². The number of nitrogens with one attached hydrogen (secondary N) is 1. The third-order valence-corrected chi connectivity index (χ3v) is 6.35. The molecule has 2 heterocycles. The van der Waals surface area contributed by atoms with Gasteiger partial charge in [-0.05, 0) is 44.0 Å². The molecular weight excluding hydrogens is 342 g/mol. The van der Waals surface area contributed by atoms with E-state index in [2.05, 4.69) is 5.32 Å². The zero-order valence-corrected chi connectivity index (χ0v) is 14.8. The minimum atomic E-state index is -3.71. The average Bonchev–Trinajstić information content (AvgIpc) is 3.29. The molecule has 2 unspecified atom stereocenters. The number of amides is 1. The standard InChI is InChI=1S/C18H21NO5S/c1-13-6-8-14(9-7-13)25(21,22)17(15-4-2-10-23-15)12-19-18(20)16-5-3-11-24-16/h2,4,6-10,16-17H,3,5,11-12H2,1H3,(H,19,20). The quantitative estimate of drug-likeness (QED) is 0.852. The summed E-state index contributed by atoms with van der Waals surface area (Å²) in [5.74, 6) is 0.0152. The van der Waals surface area contributed by atoms with Crippen LogP contribution in [0.3, 0.4) is 0 Å². The van der Waals surface area contributed by atoms with Gasteiger partial charge < -0.3 is 14.5 Å². The van der Waals surface area contributed by atoms with Gasteiger partial charge in [-0.3, -0.25) is 4.79 Å². The first-order valence-corrected chi connectivity index (χ1v) is 9.76. The summed E-state index contributed by atoms with van der Waals surface area (Å²) in [6, 6.07) is 9.88. The van der Waals surface area contributed by atoms with Gasteiger partial charge in [0, 0.05) is 13.2 Å². The van der Waals surface area contributed by atoms with Crippen LogP contribution in [0.25, 0.3) is 0 Å². The smallest absolute Gasteiger partial charge is 0.249 e. The highest BCUT2D eigenvalue weighted by molar-refractivity contribution is 7.91. The molecule has 1 saturated heterocycles. The largest absolute Gasteiger partial charge is 0.468 e. The van der Waals surface area contributed by atoms with Crippen LogP contribution in [0.2, 0.25) is 0 Å². The molecule has 1 aromatic carbocycles. The summed E-state index contributed by atoms with van der Waals surface area (Å²) in [6.07, 6.45) is 2.41. The molecule has 25 heavy (non-hydrogen) atoms. The Hall–Kier alpha value is -2.12. The molecule has 1 aliphatic rings. The third kappa shape index (κ3) is 3.93. The second kappa shape index (κ2) is 7.41. The van der Waals surface area contributed by atoms with E-state index in [1.807, 2.05) is 6.92 Å². The van der Waals surface area contributed by atoms with Gasteiger partial charge in [-0.15, -0.1) is 0 Å². The van der Waals surface area contributed by atoms with Crippen LogP contribution in [0.4, 0.5) is 0 Å². The first kappa shape index (κ1) is 17.7. The fourth-order valence-corrected chi connectivity index (χ4v) is 4.41. The molecule has 1 fully saturated rings. The van der Waals surface area contributed by atoms with Crippen molar-refractivity contribution in [3.05, 3.63) is 54.0 Å². The number of hydrogen-bond acceptors (Lipinski definition) is 5. The topological polar surface area (TPSA) is 85.6 Å². The van der Waals surface area contributed by atoms with Crippen molar-refractivity contribution in [3.63, 3.8) is 0 Å². The SMILES string of the molecule is Cc1ccc(S(=O)(=O)C(CNC(=O)C2CCCO2)c2ccco2)cc1. The van der Waals surface area contributed by atoms with Crippen molar-refractivity contribution in [1.82, 2.24) is 5.32 Å². The van der Waals surface area contributed by atoms with Gasteiger partial charge in [0.2, 0.25) is 5.91 Å². The summed E-state index contributed by atoms with van der Waals surface area (Å²) in [4.78, 5) is 12.4. The Balaban J connectivity index is 1.82. The van der Waals surface area contributed by atoms with E-state index in [4.69, 9.17) is 9.15 Å². The van der Waals surface area contributed by atoms with E-state index in [9.17, 15) is 13.2 Å². The lowest BCUT2D eigenvalue weighted by Crippen LogP contribution is -2.38. The molecule has 1 amide bonds. The molecule has 0 bridgehead atoms. The zero-order chi connectivity index (χ0) is 17.9. The fourth-order valence-electron chi connectivity index (χ4n) is 2.82. The molecule has 0 aliphatic carbocycles. The minimum Gasteiger partial charge on any atom is -0.468 e. The molecule has 7 heteroatoms. The summed E-state index contributed by atoms with van der Waals surface area (Å²) in [7, 11) is -3.71. The molecule has 3 rings (SSSR count). The molecule has 0 radical (unpaired) electrons. The Morgan fingerprint density at radius 1 is 1.28 bits per heavy atom. The molecule has 0 saturated carbocycles. The van der Waals surface area contributed by atoms with E-state index < -0.39 is 21.2 Å². The van der Waals surface area contributed by atoms with Crippen LogP contribution < -0.4 is 5.32 Å². The van der Waals surface area contributed by atoms with E-state index in [1.54, 1.807) is 36.4 Å². The fraction of sp³-hybridized carbons (Fsp3) is 0.389. The number of rotatable bonds is 6. The van der Waals surface area contributed by atoms with Crippen molar-refractivity contribution in [2.45, 2.75) is 36.0 Å². The van der Waals surface area contributed by atoms with Crippen LogP contribution in [0.15, 0.2) is 52.0 Å². The van der Waals surface area contributed by atoms with E-state index in [-0.39, 0.29) is 17.3 Å². The summed E-state index contributed by atoms with van der Waals surface area (Å²) < 4.78 is 36.7. The van der Waals surface area contributed by atoms with E-state index >= 15 is 0 Å². The zero-order valence-electron chi connectivity index (χ0n) is 14.0. The predicted molar refractivity (Wildman–Crippen MR) is 91.8 cm³/mol. The van der Waals surface area contributed by atoms with Crippen LogP contribution in [-0.2, 0) is 19.4 Å². The number of furan rings is 1. The molecular formula is C18H21NO5S. The minimum absolute atomic E-state index is 0.0670. The number of aryl methyl sites for hydroxylation is 1. The molecule has 134 valence electrons. The van der Waals surface area contributed by atoms with Gasteiger partial charge in [0.25, 0.3) is 0 Å². The monoisotopic (exact) mass is 363 g/mol. The highest BCUT2D eigenvalue weighted by Crippen LogP contribution is 2.29. The van der Waals surface area contributed by atoms with Gasteiger partial charge in [-0.2, -0.15) is 0 Å². The maximum Gasteiger partial charge on any atom is 0.249 e. The van der Waals surface area contributed by atoms with Gasteiger partial charge in [0.1, 0.15) is 17.1 Å². The molecule has 6 nitrogen and oxygen atoms in total. The summed E-state index contributed by atoms with van der Waals surface area (Å²) in [6.45, 7) is 2.38. The molecule has 1 N–H and O–H groups in total. The molecule has 1 aliphatic heterocycles. The van der Waals surface area contributed by atoms with Crippen molar-refractivity contribution in [1.29, 1.82) is 0 Å². The normalized spacial score (nSPS) is 18.8. The summed E-state index contributed by atoms with van der Waals surface area (Å²) in [5.41, 5.74) is 0.972. The average molecular weight is 363 g/mol. The van der Waals surface area contributed by atoms with Crippen LogP contribution in [0, 0.1) is 6.92 Å². The Morgan fingerprint density at radius 3 is 2.64 bits per heavy atom. The second-order valence-corrected chi connectivity index (χ2v) is 8.24. The lowest BCUT2D eigenvalue weighted by atomic mass is 10.2. The van der Waals surface area contributed by atoms with E-state index in [0.717, 1.165) is 12.0 Å². The van der Waals surface area contributed by atoms with Crippen LogP contribution in [0.5, 0.6) is 0 Å². The van der Waals surface area contributed by atoms with Gasteiger partial charge in [0.15, 0.2) is 9.84 Å². The number of carbonyl (C=O) groups excluding carboxylic acids is 1. The molecule has 2 aromatic rings. The number of hydrogen-bond donors (Lipinski definition) is 1. The molecule has 2 atom stereocenters. The highest BCUT2D eigenvalue weighted by Gasteiger charge is 2.33. The third-order valence-electron chi connectivity index (χ3n) is 4.27. The first-order chi connectivity index (χ1) is 12.0. The first-order valence-electron chi connectivity index (χ1n) is 8.22. The maximum absolute atomic E-state index is 13.0. The van der Waals surface area contributed by atoms with E-state index in [1.165, 1.54) is 6.26 Å². The predicted octanol–water partition coefficient (Wildman–Crippen LogP) is 2.40. The number of carbonyl (C=O) groups is 1. The van der Waals surface area contributed by atoms with Crippen LogP contribution in [0.1, 0.15) is 29.4 Å². The lowest BCUT2D eigenvalue weighted by molar-refractivity contribution is -0.130. The van der Waals surface area contributed by atoms with Gasteiger partial charge >= 0.3 is 0 Å². The molecule has 0 spiro atoms. The van der Waals surface area contributed by atoms with Crippen molar-refractivity contribution < 1.29 is 22.4 Å². The van der Waals surface area contributed by atoms with Crippen molar-refractivity contribution in [2.75, 3.05) is 13.2 Å². The van der Waals surface area contributed by atoms with Crippen molar-refractivity contribution >= 4 is 15.7 Å². The van der Waals surface area contributed by atoms with Gasteiger partial charge in [0.05, 0.1) is 11.2 Å². The van der Waals surface area contributed by atoms with E-state index in [0.29, 0.717) is 18.8 Å². The lowest BCUT2D eigenvalue weighted by Gasteiger charge is -2.18. The van der Waals surface area contributed by atoms with Gasteiger partial charge in [-0.25, -0.2) is 8.42 Å². The number of ether oxygens (including phenoxy) is 1. The van der Waals surface area contributed by atoms with Gasteiger partial charge in [-0.1, -0.05) is 17.7 Å². The Labute approximate surface area is 147 Å². The van der Waals surface area contributed by atoms with Crippen molar-refractivity contribution in [2.24, 2.45) is 0 Å². The summed E-state index contributed by atoms with van der Waals surface area (Å²) >= 11 is 0. The Bertz CT molecular complexity index is 806. The summed E-state index contributed by atoms with van der Waals surface area (Å²) in [5, 5.41) is 1.71. The maximum atomic E-state index is 13.0. The second-order valence-electron chi connectivity index (χ2n) is 6.11. The number of benzene rings is 1. The Kier molecular flexibility index (Phi) is 5.24. The molecule has 1 aromatic heterocycles. The Morgan fingerprint density at radius 2 is 2.04 bits per heavy atom.